The van der Waals surface area contributed by atoms with Crippen molar-refractivity contribution in [2.75, 3.05) is 26.2 Å². The van der Waals surface area contributed by atoms with E-state index in [0.29, 0.717) is 13.1 Å². The first-order valence-corrected chi connectivity index (χ1v) is 10.5. The summed E-state index contributed by atoms with van der Waals surface area (Å²) in [5.74, 6) is -0.517. The summed E-state index contributed by atoms with van der Waals surface area (Å²) in [5, 5.41) is 0. The third-order valence-corrected chi connectivity index (χ3v) is 6.85. The predicted octanol–water partition coefficient (Wildman–Crippen LogP) is 2.99. The smallest absolute Gasteiger partial charge is 0.246 e. The number of rotatable bonds is 4. The molecule has 0 radical (unpaired) electrons. The van der Waals surface area contributed by atoms with Crippen molar-refractivity contribution in [2.45, 2.75) is 18.7 Å². The van der Waals surface area contributed by atoms with Crippen LogP contribution in [-0.2, 0) is 14.8 Å². The first kappa shape index (κ1) is 20.2. The Hall–Kier alpha value is -2.51. The molecule has 1 saturated heterocycles. The van der Waals surface area contributed by atoms with Crippen molar-refractivity contribution in [1.29, 1.82) is 0 Å². The Morgan fingerprint density at radius 2 is 1.61 bits per heavy atom. The highest BCUT2D eigenvalue weighted by Crippen LogP contribution is 2.20. The Bertz CT molecular complexity index is 993. The lowest BCUT2D eigenvalue weighted by Crippen LogP contribution is -2.50. The van der Waals surface area contributed by atoms with Crippen LogP contribution >= 0.6 is 0 Å². The van der Waals surface area contributed by atoms with E-state index in [1.54, 1.807) is 35.2 Å². The lowest BCUT2D eigenvalue weighted by atomic mass is 10.1. The van der Waals surface area contributed by atoms with E-state index in [9.17, 15) is 17.6 Å². The fourth-order valence-corrected chi connectivity index (χ4v) is 4.53. The summed E-state index contributed by atoms with van der Waals surface area (Å²) in [6.07, 6.45) is 3.06. The molecule has 2 aromatic carbocycles. The average Bonchev–Trinajstić information content (AvgIpc) is 2.69. The number of hydrogen-bond donors (Lipinski definition) is 0. The van der Waals surface area contributed by atoms with Gasteiger partial charge in [0.2, 0.25) is 15.9 Å². The van der Waals surface area contributed by atoms with Crippen molar-refractivity contribution < 1.29 is 17.6 Å². The summed E-state index contributed by atoms with van der Waals surface area (Å²) in [7, 11) is -3.57. The van der Waals surface area contributed by atoms with Gasteiger partial charge < -0.3 is 4.90 Å². The van der Waals surface area contributed by atoms with Gasteiger partial charge in [-0.3, -0.25) is 4.79 Å². The maximum Gasteiger partial charge on any atom is 0.246 e. The van der Waals surface area contributed by atoms with E-state index in [-0.39, 0.29) is 29.7 Å². The minimum Gasteiger partial charge on any atom is -0.337 e. The Morgan fingerprint density at radius 1 is 0.964 bits per heavy atom. The van der Waals surface area contributed by atoms with Gasteiger partial charge in [-0.25, -0.2) is 12.8 Å². The van der Waals surface area contributed by atoms with Crippen molar-refractivity contribution in [1.82, 2.24) is 9.21 Å². The molecule has 0 atom stereocenters. The average molecular weight is 402 g/mol. The van der Waals surface area contributed by atoms with Crippen molar-refractivity contribution >= 4 is 22.0 Å². The van der Waals surface area contributed by atoms with Gasteiger partial charge in [0.25, 0.3) is 0 Å². The number of sulfonamides is 1. The van der Waals surface area contributed by atoms with Crippen LogP contribution in [0.25, 0.3) is 6.08 Å². The third kappa shape index (κ3) is 4.48. The number of amides is 1. The first-order valence-electron chi connectivity index (χ1n) is 9.07. The minimum atomic E-state index is -3.57. The second kappa shape index (κ2) is 8.24. The molecule has 2 aromatic rings. The van der Waals surface area contributed by atoms with Gasteiger partial charge in [0.1, 0.15) is 5.82 Å². The van der Waals surface area contributed by atoms with Gasteiger partial charge in [-0.2, -0.15) is 4.31 Å². The molecule has 1 aliphatic heterocycles. The molecule has 1 heterocycles. The van der Waals surface area contributed by atoms with Crippen molar-refractivity contribution in [3.8, 4) is 0 Å². The Balaban J connectivity index is 1.62. The van der Waals surface area contributed by atoms with E-state index in [2.05, 4.69) is 0 Å². The van der Waals surface area contributed by atoms with Gasteiger partial charge in [-0.05, 0) is 60.9 Å². The van der Waals surface area contributed by atoms with E-state index >= 15 is 0 Å². The van der Waals surface area contributed by atoms with Gasteiger partial charge in [-0.1, -0.05) is 18.2 Å². The predicted molar refractivity (Wildman–Crippen MR) is 107 cm³/mol. The first-order chi connectivity index (χ1) is 13.3. The Labute approximate surface area is 165 Å². The van der Waals surface area contributed by atoms with Crippen LogP contribution < -0.4 is 0 Å². The molecule has 0 bridgehead atoms. The van der Waals surface area contributed by atoms with Crippen molar-refractivity contribution in [2.24, 2.45) is 0 Å². The molecular weight excluding hydrogens is 379 g/mol. The van der Waals surface area contributed by atoms with Crippen LogP contribution in [0.15, 0.2) is 53.4 Å². The minimum absolute atomic E-state index is 0.187. The molecule has 148 valence electrons. The molecular formula is C21H23FN2O3S. The van der Waals surface area contributed by atoms with Crippen LogP contribution in [0, 0.1) is 19.7 Å². The van der Waals surface area contributed by atoms with Crippen LogP contribution in [0.2, 0.25) is 0 Å². The Kier molecular flexibility index (Phi) is 5.96. The second-order valence-electron chi connectivity index (χ2n) is 6.86. The number of benzene rings is 2. The zero-order valence-electron chi connectivity index (χ0n) is 15.9. The number of halogens is 1. The summed E-state index contributed by atoms with van der Waals surface area (Å²) >= 11 is 0. The quantitative estimate of drug-likeness (QED) is 0.739. The van der Waals surface area contributed by atoms with Crippen molar-refractivity contribution in [3.05, 3.63) is 71.0 Å². The number of piperazine rings is 1. The standard InChI is InChI=1S/C21H23FN2O3S/c1-16-3-9-20(15-17(16)2)28(26,27)24-13-11-23(12-14-24)21(25)10-6-18-4-7-19(22)8-5-18/h3-10,15H,11-14H2,1-2H3/b10-6-. The van der Waals surface area contributed by atoms with E-state index in [1.165, 1.54) is 22.5 Å². The molecule has 5 nitrogen and oxygen atoms in total. The highest BCUT2D eigenvalue weighted by molar-refractivity contribution is 7.89. The molecule has 0 N–H and O–H groups in total. The van der Waals surface area contributed by atoms with Gasteiger partial charge in [0.05, 0.1) is 4.90 Å². The fraction of sp³-hybridized carbons (Fsp3) is 0.286. The van der Waals surface area contributed by atoms with Crippen LogP contribution in [0.3, 0.4) is 0 Å². The Morgan fingerprint density at radius 3 is 2.21 bits per heavy atom. The molecule has 1 aliphatic rings. The molecule has 7 heteroatoms. The summed E-state index contributed by atoms with van der Waals surface area (Å²) in [6, 6.07) is 11.0. The topological polar surface area (TPSA) is 57.7 Å². The monoisotopic (exact) mass is 402 g/mol. The second-order valence-corrected chi connectivity index (χ2v) is 8.80. The zero-order chi connectivity index (χ0) is 20.3. The summed E-state index contributed by atoms with van der Waals surface area (Å²) < 4.78 is 40.0. The van der Waals surface area contributed by atoms with Crippen LogP contribution in [0.1, 0.15) is 16.7 Å². The van der Waals surface area contributed by atoms with E-state index in [4.69, 9.17) is 0 Å². The molecule has 0 aliphatic carbocycles. The van der Waals surface area contributed by atoms with Gasteiger partial charge in [0.15, 0.2) is 0 Å². The summed E-state index contributed by atoms with van der Waals surface area (Å²) in [6.45, 7) is 5.00. The fourth-order valence-electron chi connectivity index (χ4n) is 3.02. The highest BCUT2D eigenvalue weighted by atomic mass is 32.2. The SMILES string of the molecule is Cc1ccc(S(=O)(=O)N2CCN(C(=O)/C=C\c3ccc(F)cc3)CC2)cc1C. The number of carbonyl (C=O) groups excluding carboxylic acids is 1. The number of hydrogen-bond acceptors (Lipinski definition) is 3. The van der Waals surface area contributed by atoms with Gasteiger partial charge >= 0.3 is 0 Å². The van der Waals surface area contributed by atoms with Crippen LogP contribution in [-0.4, -0.2) is 49.7 Å². The van der Waals surface area contributed by atoms with Crippen LogP contribution in [0.4, 0.5) is 4.39 Å². The zero-order valence-corrected chi connectivity index (χ0v) is 16.7. The summed E-state index contributed by atoms with van der Waals surface area (Å²) in [4.78, 5) is 14.2. The van der Waals surface area contributed by atoms with E-state index < -0.39 is 10.0 Å². The number of carbonyl (C=O) groups is 1. The highest BCUT2D eigenvalue weighted by Gasteiger charge is 2.29. The molecule has 1 amide bonds. The van der Waals surface area contributed by atoms with E-state index in [0.717, 1.165) is 16.7 Å². The number of aryl methyl sites for hydroxylation is 2. The van der Waals surface area contributed by atoms with Gasteiger partial charge in [-0.15, -0.1) is 0 Å². The maximum absolute atomic E-state index is 12.9. The molecule has 1 fully saturated rings. The number of nitrogens with zero attached hydrogens (tertiary/aromatic N) is 2. The lowest BCUT2D eigenvalue weighted by Gasteiger charge is -2.33. The normalized spacial score (nSPS) is 15.9. The summed E-state index contributed by atoms with van der Waals surface area (Å²) in [5.41, 5.74) is 2.70. The molecule has 0 aromatic heterocycles. The van der Waals surface area contributed by atoms with Crippen LogP contribution in [0.5, 0.6) is 0 Å². The van der Waals surface area contributed by atoms with E-state index in [1.807, 2.05) is 19.9 Å². The largest absolute Gasteiger partial charge is 0.337 e. The maximum atomic E-state index is 12.9. The molecule has 28 heavy (non-hydrogen) atoms. The third-order valence-electron chi connectivity index (χ3n) is 4.95. The van der Waals surface area contributed by atoms with Crippen molar-refractivity contribution in [3.63, 3.8) is 0 Å². The molecule has 0 spiro atoms. The lowest BCUT2D eigenvalue weighted by molar-refractivity contribution is -0.127. The molecule has 3 rings (SSSR count). The molecule has 0 unspecified atom stereocenters. The molecule has 0 saturated carbocycles. The van der Waals surface area contributed by atoms with Gasteiger partial charge in [0, 0.05) is 32.3 Å².